The summed E-state index contributed by atoms with van der Waals surface area (Å²) in [7, 11) is 0. The molecule has 4 rings (SSSR count). The van der Waals surface area contributed by atoms with Gasteiger partial charge < -0.3 is 4.74 Å². The number of aryl methyl sites for hydroxylation is 1. The van der Waals surface area contributed by atoms with Crippen LogP contribution < -0.4 is 10.3 Å². The molecule has 4 nitrogen and oxygen atoms in total. The van der Waals surface area contributed by atoms with Crippen LogP contribution in [-0.4, -0.2) is 16.2 Å². The van der Waals surface area contributed by atoms with E-state index in [1.165, 1.54) is 0 Å². The Morgan fingerprint density at radius 3 is 2.48 bits per heavy atom. The Kier molecular flexibility index (Phi) is 5.63. The molecule has 0 atom stereocenters. The minimum atomic E-state index is -0.0760. The van der Waals surface area contributed by atoms with E-state index >= 15 is 0 Å². The standard InChI is InChI=1S/C24H21ClN2O2/c1-2-17-7-3-6-10-22(17)29-16-15-27-23(18-11-13-19(25)14-12-18)26-21-9-5-4-8-20(21)24(27)28/h3-14H,2,15-16H2,1H3. The van der Waals surface area contributed by atoms with Gasteiger partial charge in [0.25, 0.3) is 5.56 Å². The quantitative estimate of drug-likeness (QED) is 0.434. The fraction of sp³-hybridized carbons (Fsp3) is 0.167. The van der Waals surface area contributed by atoms with Crippen LogP contribution in [-0.2, 0) is 13.0 Å². The van der Waals surface area contributed by atoms with Crippen molar-refractivity contribution < 1.29 is 4.74 Å². The number of aromatic nitrogens is 2. The second-order valence-corrected chi connectivity index (χ2v) is 7.16. The van der Waals surface area contributed by atoms with Gasteiger partial charge in [-0.15, -0.1) is 0 Å². The topological polar surface area (TPSA) is 44.1 Å². The third-order valence-corrected chi connectivity index (χ3v) is 5.14. The molecule has 1 aromatic heterocycles. The van der Waals surface area contributed by atoms with Crippen LogP contribution in [0.5, 0.6) is 5.75 Å². The molecule has 4 aromatic rings. The Morgan fingerprint density at radius 1 is 0.966 bits per heavy atom. The van der Waals surface area contributed by atoms with Gasteiger partial charge in [-0.25, -0.2) is 4.98 Å². The number of rotatable bonds is 6. The SMILES string of the molecule is CCc1ccccc1OCCn1c(-c2ccc(Cl)cc2)nc2ccccc2c1=O. The number of hydrogen-bond acceptors (Lipinski definition) is 3. The maximum Gasteiger partial charge on any atom is 0.261 e. The molecular formula is C24H21ClN2O2. The number of fused-ring (bicyclic) bond motifs is 1. The van der Waals surface area contributed by atoms with Crippen LogP contribution in [0.2, 0.25) is 5.02 Å². The number of nitrogens with zero attached hydrogens (tertiary/aromatic N) is 2. The highest BCUT2D eigenvalue weighted by atomic mass is 35.5. The maximum atomic E-state index is 13.2. The van der Waals surface area contributed by atoms with Crippen LogP contribution in [0.15, 0.2) is 77.6 Å². The molecule has 1 heterocycles. The van der Waals surface area contributed by atoms with Crippen LogP contribution in [0, 0.1) is 0 Å². The van der Waals surface area contributed by atoms with Crippen LogP contribution in [0.25, 0.3) is 22.3 Å². The van der Waals surface area contributed by atoms with E-state index in [2.05, 4.69) is 13.0 Å². The zero-order valence-corrected chi connectivity index (χ0v) is 16.9. The van der Waals surface area contributed by atoms with Crippen molar-refractivity contribution in [1.29, 1.82) is 0 Å². The van der Waals surface area contributed by atoms with Crippen LogP contribution in [0.1, 0.15) is 12.5 Å². The van der Waals surface area contributed by atoms with E-state index in [-0.39, 0.29) is 5.56 Å². The van der Waals surface area contributed by atoms with Gasteiger partial charge in [0.2, 0.25) is 0 Å². The van der Waals surface area contributed by atoms with Crippen molar-refractivity contribution >= 4 is 22.5 Å². The molecule has 0 spiro atoms. The highest BCUT2D eigenvalue weighted by molar-refractivity contribution is 6.30. The molecule has 0 aliphatic heterocycles. The third-order valence-electron chi connectivity index (χ3n) is 4.89. The van der Waals surface area contributed by atoms with Gasteiger partial charge in [0.1, 0.15) is 18.2 Å². The van der Waals surface area contributed by atoms with Crippen molar-refractivity contribution in [2.45, 2.75) is 19.9 Å². The lowest BCUT2D eigenvalue weighted by Crippen LogP contribution is -2.26. The average molecular weight is 405 g/mol. The number of benzene rings is 3. The second kappa shape index (κ2) is 8.50. The van der Waals surface area contributed by atoms with E-state index in [0.717, 1.165) is 23.3 Å². The summed E-state index contributed by atoms with van der Waals surface area (Å²) < 4.78 is 7.68. The number of halogens is 1. The first kappa shape index (κ1) is 19.2. The van der Waals surface area contributed by atoms with E-state index in [1.807, 2.05) is 48.5 Å². The fourth-order valence-corrected chi connectivity index (χ4v) is 3.50. The highest BCUT2D eigenvalue weighted by Gasteiger charge is 2.13. The summed E-state index contributed by atoms with van der Waals surface area (Å²) in [6.07, 6.45) is 0.893. The molecular weight excluding hydrogens is 384 g/mol. The normalized spacial score (nSPS) is 11.0. The van der Waals surface area contributed by atoms with Gasteiger partial charge >= 0.3 is 0 Å². The zero-order chi connectivity index (χ0) is 20.2. The van der Waals surface area contributed by atoms with Gasteiger partial charge in [0, 0.05) is 10.6 Å². The summed E-state index contributed by atoms with van der Waals surface area (Å²) in [6.45, 7) is 2.86. The van der Waals surface area contributed by atoms with Crippen molar-refractivity contribution in [2.75, 3.05) is 6.61 Å². The Labute approximate surface area is 174 Å². The van der Waals surface area contributed by atoms with Gasteiger partial charge in [-0.2, -0.15) is 0 Å². The van der Waals surface area contributed by atoms with E-state index in [4.69, 9.17) is 21.3 Å². The molecule has 0 radical (unpaired) electrons. The Morgan fingerprint density at radius 2 is 1.69 bits per heavy atom. The van der Waals surface area contributed by atoms with E-state index in [0.29, 0.717) is 34.9 Å². The molecule has 0 aliphatic carbocycles. The van der Waals surface area contributed by atoms with Crippen molar-refractivity contribution in [2.24, 2.45) is 0 Å². The summed E-state index contributed by atoms with van der Waals surface area (Å²) in [5, 5.41) is 1.24. The smallest absolute Gasteiger partial charge is 0.261 e. The molecule has 0 aliphatic rings. The summed E-state index contributed by atoms with van der Waals surface area (Å²) in [5.41, 5.74) is 2.59. The Hall–Kier alpha value is -3.11. The van der Waals surface area contributed by atoms with E-state index in [1.54, 1.807) is 22.8 Å². The predicted molar refractivity (Wildman–Crippen MR) is 118 cm³/mol. The molecule has 0 N–H and O–H groups in total. The average Bonchev–Trinajstić information content (AvgIpc) is 2.76. The molecule has 0 unspecified atom stereocenters. The number of hydrogen-bond donors (Lipinski definition) is 0. The van der Waals surface area contributed by atoms with Gasteiger partial charge in [-0.1, -0.05) is 48.9 Å². The molecule has 3 aromatic carbocycles. The largest absolute Gasteiger partial charge is 0.491 e. The van der Waals surface area contributed by atoms with Crippen LogP contribution in [0.3, 0.4) is 0 Å². The van der Waals surface area contributed by atoms with Crippen LogP contribution >= 0.6 is 11.6 Å². The lowest BCUT2D eigenvalue weighted by atomic mass is 10.1. The van der Waals surface area contributed by atoms with Gasteiger partial charge in [-0.3, -0.25) is 9.36 Å². The summed E-state index contributed by atoms with van der Waals surface area (Å²) in [6, 6.07) is 22.7. The maximum absolute atomic E-state index is 13.2. The van der Waals surface area contributed by atoms with Crippen LogP contribution in [0.4, 0.5) is 0 Å². The molecule has 146 valence electrons. The second-order valence-electron chi connectivity index (χ2n) is 6.73. The molecule has 0 fully saturated rings. The zero-order valence-electron chi connectivity index (χ0n) is 16.1. The molecule has 0 bridgehead atoms. The predicted octanol–water partition coefficient (Wildman–Crippen LogP) is 5.36. The van der Waals surface area contributed by atoms with Crippen molar-refractivity contribution in [1.82, 2.24) is 9.55 Å². The third kappa shape index (κ3) is 4.03. The van der Waals surface area contributed by atoms with Crippen molar-refractivity contribution in [3.63, 3.8) is 0 Å². The number of para-hydroxylation sites is 2. The minimum absolute atomic E-state index is 0.0760. The van der Waals surface area contributed by atoms with E-state index in [9.17, 15) is 4.79 Å². The lowest BCUT2D eigenvalue weighted by molar-refractivity contribution is 0.294. The number of ether oxygens (including phenoxy) is 1. The lowest BCUT2D eigenvalue weighted by Gasteiger charge is -2.15. The highest BCUT2D eigenvalue weighted by Crippen LogP contribution is 2.22. The molecule has 29 heavy (non-hydrogen) atoms. The van der Waals surface area contributed by atoms with Gasteiger partial charge in [-0.05, 0) is 54.4 Å². The Bertz CT molecular complexity index is 1200. The minimum Gasteiger partial charge on any atom is -0.491 e. The first-order chi connectivity index (χ1) is 14.2. The van der Waals surface area contributed by atoms with Gasteiger partial charge in [0.15, 0.2) is 0 Å². The molecule has 0 amide bonds. The summed E-state index contributed by atoms with van der Waals surface area (Å²) in [4.78, 5) is 18.0. The van der Waals surface area contributed by atoms with Crippen molar-refractivity contribution in [3.05, 3.63) is 93.7 Å². The summed E-state index contributed by atoms with van der Waals surface area (Å²) in [5.74, 6) is 1.46. The van der Waals surface area contributed by atoms with Gasteiger partial charge in [0.05, 0.1) is 17.4 Å². The molecule has 5 heteroatoms. The fourth-order valence-electron chi connectivity index (χ4n) is 3.38. The monoisotopic (exact) mass is 404 g/mol. The molecule has 0 saturated heterocycles. The first-order valence-corrected chi connectivity index (χ1v) is 10.0. The first-order valence-electron chi connectivity index (χ1n) is 9.63. The molecule has 0 saturated carbocycles. The Balaban J connectivity index is 1.71. The summed E-state index contributed by atoms with van der Waals surface area (Å²) >= 11 is 6.04. The van der Waals surface area contributed by atoms with Crippen molar-refractivity contribution in [3.8, 4) is 17.1 Å². The van der Waals surface area contributed by atoms with E-state index < -0.39 is 0 Å².